The first kappa shape index (κ1) is 32.4. The number of aryl methyl sites for hydroxylation is 1. The number of hydrogen-bond donors (Lipinski definition) is 6. The summed E-state index contributed by atoms with van der Waals surface area (Å²) in [5, 5.41) is 34.7. The monoisotopic (exact) mass is 631 g/mol. The van der Waals surface area contributed by atoms with Crippen molar-refractivity contribution in [2.75, 3.05) is 11.4 Å². The number of nitrogens with zero attached hydrogens (tertiary/aromatic N) is 1. The van der Waals surface area contributed by atoms with Crippen molar-refractivity contribution in [1.29, 1.82) is 0 Å². The molecule has 0 bridgehead atoms. The first-order valence-electron chi connectivity index (χ1n) is 12.2. The van der Waals surface area contributed by atoms with Crippen LogP contribution >= 0.6 is 11.6 Å². The summed E-state index contributed by atoms with van der Waals surface area (Å²) >= 11 is 6.14. The Hall–Kier alpha value is -3.12. The largest absolute Gasteiger partial charge is 0.480 e. The second-order valence-electron chi connectivity index (χ2n) is 9.54. The van der Waals surface area contributed by atoms with Gasteiger partial charge in [-0.05, 0) is 43.9 Å². The molecule has 8 N–H and O–H groups in total. The van der Waals surface area contributed by atoms with Crippen LogP contribution in [-0.2, 0) is 40.9 Å². The van der Waals surface area contributed by atoms with Gasteiger partial charge in [0, 0.05) is 6.54 Å². The predicted octanol–water partition coefficient (Wildman–Crippen LogP) is -0.153. The lowest BCUT2D eigenvalue weighted by molar-refractivity contribution is -0.140. The Balaban J connectivity index is 2.04. The number of primary sulfonamides is 2. The Morgan fingerprint density at radius 3 is 2.20 bits per heavy atom. The van der Waals surface area contributed by atoms with Gasteiger partial charge in [-0.15, -0.1) is 0 Å². The molecule has 1 unspecified atom stereocenters. The number of sulfonamides is 2. The van der Waals surface area contributed by atoms with Gasteiger partial charge in [0.1, 0.15) is 21.9 Å². The van der Waals surface area contributed by atoms with Crippen molar-refractivity contribution in [2.24, 2.45) is 10.3 Å². The number of nitrogens with two attached hydrogens (primary N) is 2. The number of anilines is 1. The lowest BCUT2D eigenvalue weighted by atomic mass is 10.0. The zero-order valence-corrected chi connectivity index (χ0v) is 24.1. The smallest absolute Gasteiger partial charge is 0.320 e. The van der Waals surface area contributed by atoms with Crippen LogP contribution in [0, 0.1) is 0 Å². The van der Waals surface area contributed by atoms with Gasteiger partial charge in [-0.2, -0.15) is 0 Å². The SMILES string of the molecule is C[C@H](N[C@@H](CCc1ccccc1)C(=O)O)C(=O)N(c1cc(Cl)c(S(N)(=O)=O)cc1S(N)(=O)=O)C1CN[C@H](C(=O)O)C1. The normalized spacial score (nSPS) is 18.9. The minimum Gasteiger partial charge on any atom is -0.480 e. The van der Waals surface area contributed by atoms with Crippen LogP contribution in [0.4, 0.5) is 5.69 Å². The second-order valence-corrected chi connectivity index (χ2v) is 13.0. The van der Waals surface area contributed by atoms with E-state index in [0.717, 1.165) is 16.5 Å². The minimum absolute atomic E-state index is 0.0928. The zero-order valence-electron chi connectivity index (χ0n) is 21.7. The van der Waals surface area contributed by atoms with Gasteiger partial charge in [-0.1, -0.05) is 41.9 Å². The number of hydrogen-bond acceptors (Lipinski definition) is 9. The maximum absolute atomic E-state index is 13.9. The Labute approximate surface area is 241 Å². The number of carbonyl (C=O) groups excluding carboxylic acids is 1. The Bertz CT molecular complexity index is 1540. The summed E-state index contributed by atoms with van der Waals surface area (Å²) in [5.41, 5.74) is 0.456. The second kappa shape index (κ2) is 12.8. The van der Waals surface area contributed by atoms with Crippen molar-refractivity contribution >= 4 is 55.2 Å². The van der Waals surface area contributed by atoms with Crippen molar-refractivity contribution in [2.45, 2.75) is 60.1 Å². The molecule has 1 saturated heterocycles. The first-order chi connectivity index (χ1) is 19.0. The minimum atomic E-state index is -4.70. The molecule has 1 amide bonds. The van der Waals surface area contributed by atoms with Gasteiger partial charge in [-0.3, -0.25) is 19.7 Å². The Morgan fingerprint density at radius 2 is 1.68 bits per heavy atom. The summed E-state index contributed by atoms with van der Waals surface area (Å²) in [6.45, 7) is 1.27. The molecule has 41 heavy (non-hydrogen) atoms. The molecular formula is C24H30ClN5O9S2. The van der Waals surface area contributed by atoms with E-state index >= 15 is 0 Å². The van der Waals surface area contributed by atoms with Crippen LogP contribution in [0.1, 0.15) is 25.3 Å². The summed E-state index contributed by atoms with van der Waals surface area (Å²) in [7, 11) is -9.21. The molecule has 224 valence electrons. The summed E-state index contributed by atoms with van der Waals surface area (Å²) in [4.78, 5) is 36.9. The van der Waals surface area contributed by atoms with Gasteiger partial charge in [0.15, 0.2) is 0 Å². The highest BCUT2D eigenvalue weighted by Crippen LogP contribution is 2.35. The van der Waals surface area contributed by atoms with E-state index in [-0.39, 0.29) is 19.4 Å². The fourth-order valence-electron chi connectivity index (χ4n) is 4.57. The number of benzene rings is 2. The molecule has 0 saturated carbocycles. The molecule has 2 aromatic carbocycles. The molecule has 0 radical (unpaired) electrons. The van der Waals surface area contributed by atoms with E-state index in [1.165, 1.54) is 6.92 Å². The number of halogens is 1. The molecule has 3 rings (SSSR count). The predicted molar refractivity (Wildman–Crippen MR) is 148 cm³/mol. The highest BCUT2D eigenvalue weighted by molar-refractivity contribution is 7.90. The van der Waals surface area contributed by atoms with Crippen molar-refractivity contribution < 1.29 is 41.4 Å². The van der Waals surface area contributed by atoms with Gasteiger partial charge in [0.05, 0.1) is 22.8 Å². The first-order valence-corrected chi connectivity index (χ1v) is 15.7. The van der Waals surface area contributed by atoms with E-state index in [1.807, 2.05) is 18.2 Å². The van der Waals surface area contributed by atoms with Crippen molar-refractivity contribution in [3.8, 4) is 0 Å². The van der Waals surface area contributed by atoms with Crippen LogP contribution in [0.3, 0.4) is 0 Å². The number of carboxylic acid groups (broad SMARTS) is 2. The molecule has 4 atom stereocenters. The molecule has 0 aromatic heterocycles. The summed E-state index contributed by atoms with van der Waals surface area (Å²) in [5.74, 6) is -3.28. The van der Waals surface area contributed by atoms with Gasteiger partial charge in [-0.25, -0.2) is 27.1 Å². The van der Waals surface area contributed by atoms with Crippen LogP contribution in [0.25, 0.3) is 0 Å². The highest BCUT2D eigenvalue weighted by Gasteiger charge is 2.40. The molecule has 1 aliphatic heterocycles. The average Bonchev–Trinajstić information content (AvgIpc) is 3.35. The van der Waals surface area contributed by atoms with Gasteiger partial charge in [0.2, 0.25) is 26.0 Å². The van der Waals surface area contributed by atoms with Crippen molar-refractivity contribution in [1.82, 2.24) is 10.6 Å². The van der Waals surface area contributed by atoms with Gasteiger partial charge < -0.3 is 20.4 Å². The Kier molecular flexibility index (Phi) is 10.1. The van der Waals surface area contributed by atoms with E-state index < -0.39 is 82.6 Å². The van der Waals surface area contributed by atoms with Crippen LogP contribution in [-0.4, -0.2) is 75.6 Å². The standard InChI is InChI=1S/C24H30ClN5O9S2/c1-13(29-17(23(32)33)8-7-14-5-3-2-4-6-14)22(31)30(15-9-18(24(34)35)28-12-15)19-10-16(25)20(40(26,36)37)11-21(19)41(27,38)39/h2-6,10-11,13,15,17-18,28-29H,7-9,12H2,1H3,(H,32,33)(H,34,35)(H2,26,36,37)(H2,27,38,39)/t13-,15?,17-,18-/m0/s1. The molecule has 1 aliphatic rings. The van der Waals surface area contributed by atoms with Crippen molar-refractivity contribution in [3.05, 3.63) is 53.1 Å². The van der Waals surface area contributed by atoms with E-state index in [0.29, 0.717) is 12.5 Å². The van der Waals surface area contributed by atoms with E-state index in [4.69, 9.17) is 21.9 Å². The fourth-order valence-corrected chi connectivity index (χ4v) is 6.47. The lowest BCUT2D eigenvalue weighted by Gasteiger charge is -2.33. The molecule has 2 aromatic rings. The van der Waals surface area contributed by atoms with Crippen LogP contribution in [0.2, 0.25) is 5.02 Å². The maximum atomic E-state index is 13.9. The summed E-state index contributed by atoms with van der Waals surface area (Å²) in [6.07, 6.45) is 0.325. The van der Waals surface area contributed by atoms with Crippen LogP contribution in [0.5, 0.6) is 0 Å². The number of nitrogens with one attached hydrogen (secondary N) is 2. The molecule has 17 heteroatoms. The maximum Gasteiger partial charge on any atom is 0.320 e. The number of aliphatic carboxylic acids is 2. The number of carboxylic acids is 2. The lowest BCUT2D eigenvalue weighted by Crippen LogP contribution is -2.54. The quantitative estimate of drug-likeness (QED) is 0.180. The molecule has 1 fully saturated rings. The van der Waals surface area contributed by atoms with Gasteiger partial charge >= 0.3 is 11.9 Å². The molecule has 0 aliphatic carbocycles. The van der Waals surface area contributed by atoms with E-state index in [1.54, 1.807) is 12.1 Å². The van der Waals surface area contributed by atoms with Gasteiger partial charge in [0.25, 0.3) is 0 Å². The topological polar surface area (TPSA) is 239 Å². The van der Waals surface area contributed by atoms with E-state index in [2.05, 4.69) is 10.6 Å². The number of rotatable bonds is 12. The number of amides is 1. The molecule has 0 spiro atoms. The van der Waals surface area contributed by atoms with Crippen LogP contribution < -0.4 is 25.8 Å². The van der Waals surface area contributed by atoms with E-state index in [9.17, 15) is 41.4 Å². The summed E-state index contributed by atoms with van der Waals surface area (Å²) < 4.78 is 49.2. The average molecular weight is 632 g/mol. The van der Waals surface area contributed by atoms with Crippen LogP contribution in [0.15, 0.2) is 52.3 Å². The fraction of sp³-hybridized carbons (Fsp3) is 0.375. The zero-order chi connectivity index (χ0) is 30.7. The third-order valence-electron chi connectivity index (χ3n) is 6.58. The molecular weight excluding hydrogens is 602 g/mol. The van der Waals surface area contributed by atoms with Crippen molar-refractivity contribution in [3.63, 3.8) is 0 Å². The molecule has 14 nitrogen and oxygen atoms in total. The third-order valence-corrected chi connectivity index (χ3v) is 8.89. The summed E-state index contributed by atoms with van der Waals surface area (Å²) in [6, 6.07) is 6.12. The molecule has 1 heterocycles. The Morgan fingerprint density at radius 1 is 1.07 bits per heavy atom. The highest BCUT2D eigenvalue weighted by atomic mass is 35.5. The third kappa shape index (κ3) is 8.00. The number of carbonyl (C=O) groups is 3.